The fraction of sp³-hybridized carbons (Fsp3) is 0.583. The highest BCUT2D eigenvalue weighted by atomic mass is 35.5. The smallest absolute Gasteiger partial charge is 0.129 e. The minimum absolute atomic E-state index is 0.558. The molecule has 1 aromatic rings. The minimum Gasteiger partial charge on any atom is -0.330 e. The minimum atomic E-state index is 0.558. The van der Waals surface area contributed by atoms with Crippen LogP contribution in [0.25, 0.3) is 0 Å². The van der Waals surface area contributed by atoms with Crippen molar-refractivity contribution >= 4 is 11.6 Å². The molecule has 88 valence electrons. The maximum atomic E-state index is 5.76. The first-order valence-corrected chi connectivity index (χ1v) is 6.18. The van der Waals surface area contributed by atoms with Crippen molar-refractivity contribution in [2.45, 2.75) is 19.4 Å². The number of aromatic nitrogens is 1. The van der Waals surface area contributed by atoms with Crippen LogP contribution in [-0.2, 0) is 6.54 Å². The van der Waals surface area contributed by atoms with Gasteiger partial charge in [-0.3, -0.25) is 4.90 Å². The number of nitrogens with two attached hydrogens (primary N) is 1. The van der Waals surface area contributed by atoms with Crippen LogP contribution in [-0.4, -0.2) is 29.5 Å². The molecule has 0 amide bonds. The molecule has 0 spiro atoms. The number of likely N-dealkylation sites (tertiary alicyclic amines) is 1. The number of hydrogen-bond acceptors (Lipinski definition) is 3. The summed E-state index contributed by atoms with van der Waals surface area (Å²) in [6.07, 6.45) is 4.38. The third-order valence-electron chi connectivity index (χ3n) is 3.13. The summed E-state index contributed by atoms with van der Waals surface area (Å²) < 4.78 is 0. The van der Waals surface area contributed by atoms with Gasteiger partial charge >= 0.3 is 0 Å². The van der Waals surface area contributed by atoms with Crippen molar-refractivity contribution in [3.8, 4) is 0 Å². The van der Waals surface area contributed by atoms with E-state index in [4.69, 9.17) is 17.3 Å². The Bertz CT molecular complexity index is 326. The largest absolute Gasteiger partial charge is 0.330 e. The standard InChI is InChI=1S/C12H18ClN3/c13-12-4-3-11(7-15-12)9-16-5-1-2-10(6-14)8-16/h3-4,7,10H,1-2,5-6,8-9,14H2. The Morgan fingerprint density at radius 3 is 3.06 bits per heavy atom. The number of rotatable bonds is 3. The molecule has 2 N–H and O–H groups in total. The molecule has 0 bridgehead atoms. The van der Waals surface area contributed by atoms with Gasteiger partial charge in [0.05, 0.1) is 0 Å². The van der Waals surface area contributed by atoms with E-state index in [2.05, 4.69) is 9.88 Å². The van der Waals surface area contributed by atoms with Gasteiger partial charge in [0.25, 0.3) is 0 Å². The van der Waals surface area contributed by atoms with E-state index < -0.39 is 0 Å². The molecule has 1 unspecified atom stereocenters. The zero-order chi connectivity index (χ0) is 11.4. The van der Waals surface area contributed by atoms with Crippen molar-refractivity contribution in [2.75, 3.05) is 19.6 Å². The summed E-state index contributed by atoms with van der Waals surface area (Å²) >= 11 is 5.76. The molecule has 3 nitrogen and oxygen atoms in total. The number of piperidine rings is 1. The van der Waals surface area contributed by atoms with Crippen LogP contribution in [0.1, 0.15) is 18.4 Å². The molecule has 1 aromatic heterocycles. The monoisotopic (exact) mass is 239 g/mol. The topological polar surface area (TPSA) is 42.1 Å². The van der Waals surface area contributed by atoms with Crippen LogP contribution in [0, 0.1) is 5.92 Å². The fourth-order valence-electron chi connectivity index (χ4n) is 2.25. The summed E-state index contributed by atoms with van der Waals surface area (Å²) in [6.45, 7) is 4.04. The van der Waals surface area contributed by atoms with E-state index in [1.807, 2.05) is 18.3 Å². The second kappa shape index (κ2) is 5.62. The van der Waals surface area contributed by atoms with Gasteiger partial charge in [-0.15, -0.1) is 0 Å². The molecule has 0 saturated carbocycles. The molecule has 0 radical (unpaired) electrons. The second-order valence-electron chi connectivity index (χ2n) is 4.47. The van der Waals surface area contributed by atoms with Crippen LogP contribution in [0.5, 0.6) is 0 Å². The molecule has 2 rings (SSSR count). The zero-order valence-corrected chi connectivity index (χ0v) is 10.2. The molecule has 0 aromatic carbocycles. The maximum Gasteiger partial charge on any atom is 0.129 e. The van der Waals surface area contributed by atoms with E-state index >= 15 is 0 Å². The molecule has 16 heavy (non-hydrogen) atoms. The summed E-state index contributed by atoms with van der Waals surface area (Å²) in [7, 11) is 0. The number of hydrogen-bond donors (Lipinski definition) is 1. The molecule has 1 aliphatic rings. The summed E-state index contributed by atoms with van der Waals surface area (Å²) in [5.41, 5.74) is 6.95. The van der Waals surface area contributed by atoms with Gasteiger partial charge in [0.15, 0.2) is 0 Å². The number of halogens is 1. The normalized spacial score (nSPS) is 22.2. The van der Waals surface area contributed by atoms with Gasteiger partial charge in [0.1, 0.15) is 5.15 Å². The maximum absolute atomic E-state index is 5.76. The van der Waals surface area contributed by atoms with Gasteiger partial charge < -0.3 is 5.73 Å². The van der Waals surface area contributed by atoms with Crippen LogP contribution >= 0.6 is 11.6 Å². The molecular formula is C12H18ClN3. The summed E-state index contributed by atoms with van der Waals surface area (Å²) in [5.74, 6) is 0.661. The Labute approximate surface area is 102 Å². The van der Waals surface area contributed by atoms with Gasteiger partial charge in [0.2, 0.25) is 0 Å². The lowest BCUT2D eigenvalue weighted by Gasteiger charge is -2.31. The molecule has 1 aliphatic heterocycles. The van der Waals surface area contributed by atoms with Gasteiger partial charge in [-0.05, 0) is 43.5 Å². The average molecular weight is 240 g/mol. The van der Waals surface area contributed by atoms with E-state index in [1.54, 1.807) is 0 Å². The van der Waals surface area contributed by atoms with Gasteiger partial charge in [0, 0.05) is 19.3 Å². The molecule has 1 atom stereocenters. The lowest BCUT2D eigenvalue weighted by molar-refractivity contribution is 0.171. The number of pyridine rings is 1. The van der Waals surface area contributed by atoms with E-state index in [1.165, 1.54) is 24.9 Å². The van der Waals surface area contributed by atoms with E-state index in [9.17, 15) is 0 Å². The summed E-state index contributed by atoms with van der Waals surface area (Å²) in [5, 5.41) is 0.558. The van der Waals surface area contributed by atoms with E-state index in [-0.39, 0.29) is 0 Å². The highest BCUT2D eigenvalue weighted by molar-refractivity contribution is 6.29. The quantitative estimate of drug-likeness (QED) is 0.820. The third-order valence-corrected chi connectivity index (χ3v) is 3.35. The highest BCUT2D eigenvalue weighted by Gasteiger charge is 2.18. The lowest BCUT2D eigenvalue weighted by atomic mass is 9.98. The van der Waals surface area contributed by atoms with Gasteiger partial charge in [-0.25, -0.2) is 4.98 Å². The van der Waals surface area contributed by atoms with Crippen LogP contribution in [0.2, 0.25) is 5.15 Å². The molecule has 1 saturated heterocycles. The number of nitrogens with zero attached hydrogens (tertiary/aromatic N) is 2. The van der Waals surface area contributed by atoms with Crippen molar-refractivity contribution in [2.24, 2.45) is 11.7 Å². The van der Waals surface area contributed by atoms with Crippen molar-refractivity contribution in [1.82, 2.24) is 9.88 Å². The second-order valence-corrected chi connectivity index (χ2v) is 4.86. The summed E-state index contributed by atoms with van der Waals surface area (Å²) in [6, 6.07) is 3.89. The molecule has 0 aliphatic carbocycles. The Kier molecular flexibility index (Phi) is 4.16. The molecule has 1 fully saturated rings. The molecule has 4 heteroatoms. The third kappa shape index (κ3) is 3.17. The molecule has 2 heterocycles. The van der Waals surface area contributed by atoms with Crippen LogP contribution in [0.15, 0.2) is 18.3 Å². The first kappa shape index (κ1) is 11.8. The van der Waals surface area contributed by atoms with Crippen molar-refractivity contribution in [3.63, 3.8) is 0 Å². The highest BCUT2D eigenvalue weighted by Crippen LogP contribution is 2.17. The lowest BCUT2D eigenvalue weighted by Crippen LogP contribution is -2.37. The first-order valence-electron chi connectivity index (χ1n) is 5.81. The Balaban J connectivity index is 1.91. The Morgan fingerprint density at radius 1 is 1.50 bits per heavy atom. The van der Waals surface area contributed by atoms with Crippen LogP contribution < -0.4 is 5.73 Å². The predicted molar refractivity (Wildman–Crippen MR) is 66.3 cm³/mol. The van der Waals surface area contributed by atoms with Crippen molar-refractivity contribution in [1.29, 1.82) is 0 Å². The van der Waals surface area contributed by atoms with Crippen molar-refractivity contribution < 1.29 is 0 Å². The van der Waals surface area contributed by atoms with Gasteiger partial charge in [-0.2, -0.15) is 0 Å². The Morgan fingerprint density at radius 2 is 2.38 bits per heavy atom. The molecular weight excluding hydrogens is 222 g/mol. The van der Waals surface area contributed by atoms with Crippen molar-refractivity contribution in [3.05, 3.63) is 29.0 Å². The van der Waals surface area contributed by atoms with Crippen LogP contribution in [0.4, 0.5) is 0 Å². The average Bonchev–Trinajstić information content (AvgIpc) is 2.32. The van der Waals surface area contributed by atoms with Gasteiger partial charge in [-0.1, -0.05) is 17.7 Å². The SMILES string of the molecule is NCC1CCCN(Cc2ccc(Cl)nc2)C1. The summed E-state index contributed by atoms with van der Waals surface area (Å²) in [4.78, 5) is 6.55. The predicted octanol–water partition coefficient (Wildman–Crippen LogP) is 1.91. The van der Waals surface area contributed by atoms with E-state index in [0.29, 0.717) is 11.1 Å². The Hall–Kier alpha value is -0.640. The van der Waals surface area contributed by atoms with E-state index in [0.717, 1.165) is 19.6 Å². The zero-order valence-electron chi connectivity index (χ0n) is 9.40. The fourth-order valence-corrected chi connectivity index (χ4v) is 2.36. The first-order chi connectivity index (χ1) is 7.78. The van der Waals surface area contributed by atoms with Crippen LogP contribution in [0.3, 0.4) is 0 Å².